The molecule has 3 rings (SSSR count). The van der Waals surface area contributed by atoms with Crippen LogP contribution < -0.4 is 14.2 Å². The molecule has 3 aromatic rings. The molecule has 0 aliphatic heterocycles. The molecule has 0 aliphatic carbocycles. The van der Waals surface area contributed by atoms with Gasteiger partial charge >= 0.3 is 0 Å². The quantitative estimate of drug-likeness (QED) is 0.607. The average Bonchev–Trinajstić information content (AvgIpc) is 2.73. The van der Waals surface area contributed by atoms with Crippen LogP contribution in [0.5, 0.6) is 17.2 Å². The Labute approximate surface area is 166 Å². The van der Waals surface area contributed by atoms with Gasteiger partial charge in [0.2, 0.25) is 10.0 Å². The standard InChI is InChI=1S/C22H23NO4S/c1-3-18-15-21(12-13-22(18)26-2)28(24,25)23-16-17-8-7-11-20(14-17)27-19-9-5-4-6-10-19/h4-15,23H,3,16H2,1-2H3. The summed E-state index contributed by atoms with van der Waals surface area (Å²) in [5.41, 5.74) is 1.66. The van der Waals surface area contributed by atoms with Gasteiger partial charge in [-0.2, -0.15) is 0 Å². The van der Waals surface area contributed by atoms with Gasteiger partial charge in [0.1, 0.15) is 17.2 Å². The van der Waals surface area contributed by atoms with Gasteiger partial charge in [-0.1, -0.05) is 37.3 Å². The van der Waals surface area contributed by atoms with Crippen LogP contribution in [0.1, 0.15) is 18.1 Å². The number of benzene rings is 3. The molecule has 0 amide bonds. The molecule has 0 spiro atoms. The first-order valence-electron chi connectivity index (χ1n) is 9.00. The van der Waals surface area contributed by atoms with Crippen LogP contribution >= 0.6 is 0 Å². The molecule has 0 radical (unpaired) electrons. The maximum absolute atomic E-state index is 12.7. The Morgan fingerprint density at radius 2 is 1.64 bits per heavy atom. The molecule has 0 bridgehead atoms. The van der Waals surface area contributed by atoms with E-state index in [1.807, 2.05) is 61.5 Å². The monoisotopic (exact) mass is 397 g/mol. The summed E-state index contributed by atoms with van der Waals surface area (Å²) in [5.74, 6) is 2.07. The van der Waals surface area contributed by atoms with E-state index in [-0.39, 0.29) is 11.4 Å². The van der Waals surface area contributed by atoms with Crippen LogP contribution in [0.25, 0.3) is 0 Å². The van der Waals surface area contributed by atoms with Gasteiger partial charge in [0.15, 0.2) is 0 Å². The second-order valence-corrected chi connectivity index (χ2v) is 7.98. The lowest BCUT2D eigenvalue weighted by atomic mass is 10.1. The Morgan fingerprint density at radius 3 is 2.36 bits per heavy atom. The van der Waals surface area contributed by atoms with E-state index >= 15 is 0 Å². The van der Waals surface area contributed by atoms with Crippen molar-refractivity contribution in [1.82, 2.24) is 4.72 Å². The summed E-state index contributed by atoms with van der Waals surface area (Å²) in [6.45, 7) is 2.13. The smallest absolute Gasteiger partial charge is 0.240 e. The van der Waals surface area contributed by atoms with Gasteiger partial charge in [0.25, 0.3) is 0 Å². The van der Waals surface area contributed by atoms with E-state index < -0.39 is 10.0 Å². The summed E-state index contributed by atoms with van der Waals surface area (Å²) in [6.07, 6.45) is 0.686. The van der Waals surface area contributed by atoms with Crippen LogP contribution in [-0.4, -0.2) is 15.5 Å². The van der Waals surface area contributed by atoms with Crippen LogP contribution in [0, 0.1) is 0 Å². The summed E-state index contributed by atoms with van der Waals surface area (Å²) in [4.78, 5) is 0.224. The highest BCUT2D eigenvalue weighted by atomic mass is 32.2. The molecule has 0 saturated heterocycles. The fourth-order valence-corrected chi connectivity index (χ4v) is 3.87. The van der Waals surface area contributed by atoms with Gasteiger partial charge < -0.3 is 9.47 Å². The van der Waals surface area contributed by atoms with Crippen LogP contribution in [0.3, 0.4) is 0 Å². The van der Waals surface area contributed by atoms with E-state index in [1.54, 1.807) is 25.3 Å². The minimum Gasteiger partial charge on any atom is -0.496 e. The van der Waals surface area contributed by atoms with Gasteiger partial charge in [0.05, 0.1) is 12.0 Å². The van der Waals surface area contributed by atoms with E-state index in [9.17, 15) is 8.42 Å². The zero-order valence-corrected chi connectivity index (χ0v) is 16.7. The molecular weight excluding hydrogens is 374 g/mol. The molecule has 28 heavy (non-hydrogen) atoms. The van der Waals surface area contributed by atoms with Gasteiger partial charge in [-0.25, -0.2) is 13.1 Å². The number of para-hydroxylation sites is 1. The third kappa shape index (κ3) is 4.91. The largest absolute Gasteiger partial charge is 0.496 e. The fourth-order valence-electron chi connectivity index (χ4n) is 2.80. The Morgan fingerprint density at radius 1 is 0.893 bits per heavy atom. The van der Waals surface area contributed by atoms with E-state index in [0.29, 0.717) is 17.9 Å². The maximum atomic E-state index is 12.7. The van der Waals surface area contributed by atoms with E-state index in [2.05, 4.69) is 4.72 Å². The third-order valence-electron chi connectivity index (χ3n) is 4.29. The number of methoxy groups -OCH3 is 1. The highest BCUT2D eigenvalue weighted by Crippen LogP contribution is 2.24. The van der Waals surface area contributed by atoms with Crippen molar-refractivity contribution >= 4 is 10.0 Å². The first kappa shape index (κ1) is 19.9. The Bertz CT molecular complexity index is 1030. The third-order valence-corrected chi connectivity index (χ3v) is 5.69. The zero-order chi connectivity index (χ0) is 20.0. The number of ether oxygens (including phenoxy) is 2. The summed E-state index contributed by atoms with van der Waals surface area (Å²) in [6, 6.07) is 21.7. The van der Waals surface area contributed by atoms with Crippen molar-refractivity contribution < 1.29 is 17.9 Å². The second kappa shape index (κ2) is 8.91. The minimum absolute atomic E-state index is 0.168. The number of sulfonamides is 1. The minimum atomic E-state index is -3.63. The molecule has 0 saturated carbocycles. The molecule has 6 heteroatoms. The fraction of sp³-hybridized carbons (Fsp3) is 0.182. The first-order valence-corrected chi connectivity index (χ1v) is 10.5. The number of hydrogen-bond donors (Lipinski definition) is 1. The maximum Gasteiger partial charge on any atom is 0.240 e. The number of hydrogen-bond acceptors (Lipinski definition) is 4. The Balaban J connectivity index is 1.72. The summed E-state index contributed by atoms with van der Waals surface area (Å²) >= 11 is 0. The lowest BCUT2D eigenvalue weighted by Gasteiger charge is -2.12. The highest BCUT2D eigenvalue weighted by Gasteiger charge is 2.16. The van der Waals surface area contributed by atoms with Crippen molar-refractivity contribution in [2.75, 3.05) is 7.11 Å². The normalized spacial score (nSPS) is 11.2. The Kier molecular flexibility index (Phi) is 6.34. The van der Waals surface area contributed by atoms with Crippen LogP contribution in [0.15, 0.2) is 77.7 Å². The van der Waals surface area contributed by atoms with Crippen LogP contribution in [-0.2, 0) is 23.0 Å². The number of aryl methyl sites for hydroxylation is 1. The SMILES string of the molecule is CCc1cc(S(=O)(=O)NCc2cccc(Oc3ccccc3)c2)ccc1OC. The van der Waals surface area contributed by atoms with Gasteiger partial charge in [-0.3, -0.25) is 0 Å². The van der Waals surface area contributed by atoms with Crippen molar-refractivity contribution in [3.8, 4) is 17.2 Å². The van der Waals surface area contributed by atoms with Crippen LogP contribution in [0.2, 0.25) is 0 Å². The van der Waals surface area contributed by atoms with Crippen molar-refractivity contribution in [2.45, 2.75) is 24.8 Å². The molecule has 1 N–H and O–H groups in total. The van der Waals surface area contributed by atoms with Gasteiger partial charge in [0, 0.05) is 6.54 Å². The average molecular weight is 397 g/mol. The van der Waals surface area contributed by atoms with Crippen molar-refractivity contribution in [3.05, 3.63) is 83.9 Å². The summed E-state index contributed by atoms with van der Waals surface area (Å²) in [7, 11) is -2.06. The van der Waals surface area contributed by atoms with Crippen molar-refractivity contribution in [1.29, 1.82) is 0 Å². The predicted octanol–water partition coefficient (Wildman–Crippen LogP) is 4.53. The molecule has 146 valence electrons. The molecule has 0 fully saturated rings. The van der Waals surface area contributed by atoms with E-state index in [4.69, 9.17) is 9.47 Å². The van der Waals surface area contributed by atoms with E-state index in [1.165, 1.54) is 0 Å². The molecule has 0 aromatic heterocycles. The van der Waals surface area contributed by atoms with Gasteiger partial charge in [-0.15, -0.1) is 0 Å². The topological polar surface area (TPSA) is 64.6 Å². The molecule has 5 nitrogen and oxygen atoms in total. The first-order chi connectivity index (χ1) is 13.5. The molecule has 0 heterocycles. The zero-order valence-electron chi connectivity index (χ0n) is 15.9. The Hall–Kier alpha value is -2.83. The molecule has 0 unspecified atom stereocenters. The molecule has 0 aliphatic rings. The second-order valence-electron chi connectivity index (χ2n) is 6.21. The number of nitrogens with one attached hydrogen (secondary N) is 1. The van der Waals surface area contributed by atoms with Crippen molar-refractivity contribution in [2.24, 2.45) is 0 Å². The highest BCUT2D eigenvalue weighted by molar-refractivity contribution is 7.89. The molecule has 0 atom stereocenters. The summed E-state index contributed by atoms with van der Waals surface area (Å²) < 4.78 is 39.0. The number of rotatable bonds is 8. The van der Waals surface area contributed by atoms with Crippen molar-refractivity contribution in [3.63, 3.8) is 0 Å². The lowest BCUT2D eigenvalue weighted by molar-refractivity contribution is 0.409. The van der Waals surface area contributed by atoms with E-state index in [0.717, 1.165) is 16.9 Å². The summed E-state index contributed by atoms with van der Waals surface area (Å²) in [5, 5.41) is 0. The van der Waals surface area contributed by atoms with Crippen LogP contribution in [0.4, 0.5) is 0 Å². The molecular formula is C22H23NO4S. The van der Waals surface area contributed by atoms with Gasteiger partial charge in [-0.05, 0) is 60.0 Å². The molecule has 3 aromatic carbocycles. The predicted molar refractivity (Wildman–Crippen MR) is 109 cm³/mol. The lowest BCUT2D eigenvalue weighted by Crippen LogP contribution is -2.23.